The molecule has 3 heterocycles. The monoisotopic (exact) mass is 714 g/mol. The summed E-state index contributed by atoms with van der Waals surface area (Å²) >= 11 is 0. The van der Waals surface area contributed by atoms with Gasteiger partial charge in [0.05, 0.1) is 31.0 Å². The van der Waals surface area contributed by atoms with Crippen LogP contribution in [0, 0.1) is 5.92 Å². The topological polar surface area (TPSA) is 210 Å². The summed E-state index contributed by atoms with van der Waals surface area (Å²) in [6, 6.07) is 14.1. The lowest BCUT2D eigenvalue weighted by Crippen LogP contribution is -2.58. The highest BCUT2D eigenvalue weighted by Crippen LogP contribution is 2.27. The summed E-state index contributed by atoms with van der Waals surface area (Å²) < 4.78 is 12.4. The summed E-state index contributed by atoms with van der Waals surface area (Å²) in [6.07, 6.45) is 0.267. The minimum absolute atomic E-state index is 0.0132. The SMILES string of the molecule is COc1ccc(-c2nn(-c3ccccc3)cc2C(=O)N2CCNC(=O)[C@H](C(C)C)NC(=O)[C@H](C)NC(=O)[C@H]([C@@H](C)O)NC(=O)c3cc(on3)C2)cc1. The van der Waals surface area contributed by atoms with Gasteiger partial charge in [0.25, 0.3) is 11.8 Å². The average Bonchev–Trinajstić information content (AvgIpc) is 3.80. The van der Waals surface area contributed by atoms with Crippen LogP contribution in [0.4, 0.5) is 0 Å². The fourth-order valence-corrected chi connectivity index (χ4v) is 5.54. The maximum absolute atomic E-state index is 14.5. The third kappa shape index (κ3) is 8.63. The second kappa shape index (κ2) is 16.3. The molecule has 5 N–H and O–H groups in total. The second-order valence-electron chi connectivity index (χ2n) is 12.7. The van der Waals surface area contributed by atoms with Gasteiger partial charge in [0.1, 0.15) is 29.6 Å². The van der Waals surface area contributed by atoms with Gasteiger partial charge in [-0.1, -0.05) is 37.2 Å². The fraction of sp³-hybridized carbons (Fsp3) is 0.361. The van der Waals surface area contributed by atoms with Crippen molar-refractivity contribution in [2.24, 2.45) is 5.92 Å². The maximum atomic E-state index is 14.5. The molecule has 5 rings (SSSR count). The highest BCUT2D eigenvalue weighted by Gasteiger charge is 2.32. The molecule has 2 aromatic carbocycles. The van der Waals surface area contributed by atoms with Crippen LogP contribution in [-0.2, 0) is 20.9 Å². The zero-order valence-electron chi connectivity index (χ0n) is 29.5. The molecule has 1 aliphatic heterocycles. The number of hydrogen-bond acceptors (Lipinski definition) is 10. The van der Waals surface area contributed by atoms with Gasteiger partial charge in [-0.3, -0.25) is 24.0 Å². The van der Waals surface area contributed by atoms with E-state index >= 15 is 0 Å². The average molecular weight is 715 g/mol. The first kappa shape index (κ1) is 37.2. The van der Waals surface area contributed by atoms with Gasteiger partial charge in [-0.2, -0.15) is 5.10 Å². The van der Waals surface area contributed by atoms with Crippen molar-refractivity contribution >= 4 is 29.5 Å². The van der Waals surface area contributed by atoms with E-state index < -0.39 is 53.8 Å². The van der Waals surface area contributed by atoms with Crippen molar-refractivity contribution in [1.29, 1.82) is 0 Å². The molecule has 2 bridgehead atoms. The summed E-state index contributed by atoms with van der Waals surface area (Å²) in [7, 11) is 1.55. The fourth-order valence-electron chi connectivity index (χ4n) is 5.54. The van der Waals surface area contributed by atoms with Crippen molar-refractivity contribution in [1.82, 2.24) is 41.1 Å². The number of carbonyl (C=O) groups excluding carboxylic acids is 5. The number of ether oxygens (including phenoxy) is 1. The number of hydrogen-bond donors (Lipinski definition) is 5. The number of para-hydroxylation sites is 1. The lowest BCUT2D eigenvalue weighted by molar-refractivity contribution is -0.133. The van der Waals surface area contributed by atoms with Crippen LogP contribution in [0.1, 0.15) is 54.3 Å². The molecule has 0 spiro atoms. The molecule has 0 saturated carbocycles. The predicted molar refractivity (Wildman–Crippen MR) is 187 cm³/mol. The maximum Gasteiger partial charge on any atom is 0.274 e. The Kier molecular flexibility index (Phi) is 11.7. The van der Waals surface area contributed by atoms with Crippen LogP contribution in [0.5, 0.6) is 5.75 Å². The van der Waals surface area contributed by atoms with E-state index in [4.69, 9.17) is 14.4 Å². The molecule has 0 radical (unpaired) electrons. The molecular weight excluding hydrogens is 672 g/mol. The van der Waals surface area contributed by atoms with E-state index in [0.29, 0.717) is 17.0 Å². The van der Waals surface area contributed by atoms with Crippen molar-refractivity contribution < 1.29 is 38.3 Å². The first-order valence-electron chi connectivity index (χ1n) is 16.8. The number of nitrogens with one attached hydrogen (secondary N) is 4. The van der Waals surface area contributed by atoms with Crippen LogP contribution in [0.15, 0.2) is 71.4 Å². The molecule has 52 heavy (non-hydrogen) atoms. The largest absolute Gasteiger partial charge is 0.497 e. The molecule has 274 valence electrons. The van der Waals surface area contributed by atoms with Gasteiger partial charge in [0, 0.05) is 30.9 Å². The van der Waals surface area contributed by atoms with Crippen molar-refractivity contribution in [3.8, 4) is 22.7 Å². The Morgan fingerprint density at radius 3 is 2.31 bits per heavy atom. The Morgan fingerprint density at radius 2 is 1.65 bits per heavy atom. The Bertz CT molecular complexity index is 1900. The molecule has 5 amide bonds. The molecular formula is C36H42N8O8. The van der Waals surface area contributed by atoms with E-state index in [9.17, 15) is 29.1 Å². The minimum atomic E-state index is -1.46. The Hall–Kier alpha value is -6.03. The minimum Gasteiger partial charge on any atom is -0.497 e. The van der Waals surface area contributed by atoms with Gasteiger partial charge in [0.15, 0.2) is 11.5 Å². The van der Waals surface area contributed by atoms with Crippen molar-refractivity contribution in [3.05, 3.63) is 83.9 Å². The first-order valence-corrected chi connectivity index (χ1v) is 16.8. The number of amides is 5. The molecule has 0 fully saturated rings. The smallest absolute Gasteiger partial charge is 0.274 e. The summed E-state index contributed by atoms with van der Waals surface area (Å²) in [5.41, 5.74) is 1.78. The van der Waals surface area contributed by atoms with E-state index in [0.717, 1.165) is 5.69 Å². The van der Waals surface area contributed by atoms with Crippen LogP contribution in [0.3, 0.4) is 0 Å². The van der Waals surface area contributed by atoms with E-state index in [1.165, 1.54) is 24.8 Å². The molecule has 1 aliphatic rings. The van der Waals surface area contributed by atoms with Crippen LogP contribution in [0.25, 0.3) is 16.9 Å². The lowest BCUT2D eigenvalue weighted by atomic mass is 10.0. The number of fused-ring (bicyclic) bond motifs is 2. The number of nitrogens with zero attached hydrogens (tertiary/aromatic N) is 4. The Labute approximate surface area is 299 Å². The highest BCUT2D eigenvalue weighted by molar-refractivity contribution is 6.00. The van der Waals surface area contributed by atoms with Gasteiger partial charge >= 0.3 is 0 Å². The molecule has 2 aromatic heterocycles. The third-order valence-electron chi connectivity index (χ3n) is 8.49. The molecule has 0 unspecified atom stereocenters. The van der Waals surface area contributed by atoms with Crippen molar-refractivity contribution in [2.45, 2.75) is 58.5 Å². The molecule has 16 nitrogen and oxygen atoms in total. The standard InChI is InChI=1S/C36H42N8O8/c1-20(2)29-34(48)37-15-16-43(18-26-17-28(42-52-26)33(47)40-30(22(4)45)35(49)38-21(3)32(46)39-29)36(50)27-19-44(24-9-7-6-8-10-24)41-31(27)23-11-13-25(51-5)14-12-23/h6-14,17,19-22,29-30,45H,15-16,18H2,1-5H3,(H,37,48)(H,38,49)(H,39,46)(H,40,47)/t21-,22+,29-,30-/m0/s1. The normalized spacial score (nSPS) is 19.8. The molecule has 4 aromatic rings. The molecule has 4 atom stereocenters. The van der Waals surface area contributed by atoms with E-state index in [2.05, 4.69) is 26.4 Å². The second-order valence-corrected chi connectivity index (χ2v) is 12.7. The zero-order valence-corrected chi connectivity index (χ0v) is 29.5. The number of benzene rings is 2. The summed E-state index contributed by atoms with van der Waals surface area (Å²) in [4.78, 5) is 68.6. The molecule has 0 saturated heterocycles. The van der Waals surface area contributed by atoms with Gasteiger partial charge in [-0.25, -0.2) is 4.68 Å². The number of carbonyl (C=O) groups is 5. The summed E-state index contributed by atoms with van der Waals surface area (Å²) in [5.74, 6) is -2.87. The lowest BCUT2D eigenvalue weighted by Gasteiger charge is -2.26. The quantitative estimate of drug-likeness (QED) is 0.194. The molecule has 16 heteroatoms. The van der Waals surface area contributed by atoms with Crippen molar-refractivity contribution in [3.63, 3.8) is 0 Å². The van der Waals surface area contributed by atoms with Crippen LogP contribution in [0.2, 0.25) is 0 Å². The predicted octanol–water partition coefficient (Wildman–Crippen LogP) is 1.43. The van der Waals surface area contributed by atoms with E-state index in [1.54, 1.807) is 56.1 Å². The van der Waals surface area contributed by atoms with E-state index in [1.807, 2.05) is 30.3 Å². The van der Waals surface area contributed by atoms with Gasteiger partial charge in [0.2, 0.25) is 17.7 Å². The van der Waals surface area contributed by atoms with Crippen LogP contribution >= 0.6 is 0 Å². The van der Waals surface area contributed by atoms with Gasteiger partial charge in [-0.05, 0) is 56.2 Å². The summed E-state index contributed by atoms with van der Waals surface area (Å²) in [6.45, 7) is 6.02. The zero-order chi connectivity index (χ0) is 37.5. The number of aliphatic hydroxyl groups is 1. The summed E-state index contributed by atoms with van der Waals surface area (Å²) in [5, 5.41) is 29.3. The number of methoxy groups -OCH3 is 1. The van der Waals surface area contributed by atoms with Gasteiger partial charge in [-0.15, -0.1) is 0 Å². The Morgan fingerprint density at radius 1 is 0.942 bits per heavy atom. The molecule has 0 aliphatic carbocycles. The highest BCUT2D eigenvalue weighted by atomic mass is 16.5. The number of aromatic nitrogens is 3. The third-order valence-corrected chi connectivity index (χ3v) is 8.49. The number of aliphatic hydroxyl groups excluding tert-OH is 1. The van der Waals surface area contributed by atoms with Crippen LogP contribution < -0.4 is 26.0 Å². The number of rotatable bonds is 6. The van der Waals surface area contributed by atoms with Crippen molar-refractivity contribution in [2.75, 3.05) is 20.2 Å². The van der Waals surface area contributed by atoms with E-state index in [-0.39, 0.29) is 42.6 Å². The Balaban J connectivity index is 1.53. The first-order chi connectivity index (χ1) is 24.9. The van der Waals surface area contributed by atoms with Crippen LogP contribution in [-0.4, -0.2) is 98.9 Å². The van der Waals surface area contributed by atoms with Gasteiger partial charge < -0.3 is 40.5 Å².